The van der Waals surface area contributed by atoms with Gasteiger partial charge < -0.3 is 15.2 Å². The summed E-state index contributed by atoms with van der Waals surface area (Å²) in [6, 6.07) is 6.66. The van der Waals surface area contributed by atoms with Crippen molar-refractivity contribution in [1.29, 1.82) is 0 Å². The minimum Gasteiger partial charge on any atom is -0.508 e. The molecule has 1 saturated heterocycles. The van der Waals surface area contributed by atoms with Gasteiger partial charge in [0, 0.05) is 11.6 Å². The zero-order valence-electron chi connectivity index (χ0n) is 13.8. The molecule has 3 rings (SSSR count). The van der Waals surface area contributed by atoms with Gasteiger partial charge in [-0.25, -0.2) is 0 Å². The van der Waals surface area contributed by atoms with Crippen LogP contribution in [0.15, 0.2) is 24.3 Å². The zero-order valence-corrected chi connectivity index (χ0v) is 14.6. The molecule has 1 saturated carbocycles. The van der Waals surface area contributed by atoms with E-state index in [1.54, 1.807) is 36.0 Å². The number of ether oxygens (including phenoxy) is 1. The molecule has 2 N–H and O–H groups in total. The Balaban J connectivity index is 1.80. The molecule has 1 unspecified atom stereocenters. The Morgan fingerprint density at radius 3 is 2.54 bits per heavy atom. The van der Waals surface area contributed by atoms with E-state index >= 15 is 0 Å². The van der Waals surface area contributed by atoms with Crippen molar-refractivity contribution in [3.05, 3.63) is 29.8 Å². The van der Waals surface area contributed by atoms with Crippen LogP contribution in [0.3, 0.4) is 0 Å². The van der Waals surface area contributed by atoms with Crippen molar-refractivity contribution in [3.8, 4) is 5.75 Å². The highest BCUT2D eigenvalue weighted by molar-refractivity contribution is 7.99. The van der Waals surface area contributed by atoms with Gasteiger partial charge in [0.15, 0.2) is 0 Å². The molecule has 1 amide bonds. The summed E-state index contributed by atoms with van der Waals surface area (Å²) in [5, 5.41) is 12.7. The summed E-state index contributed by atoms with van der Waals surface area (Å²) in [6.07, 6.45) is 1.03. The number of likely N-dealkylation sites (N-methyl/N-ethyl adjacent to an activating group) is 1. The molecule has 0 aromatic heterocycles. The third-order valence-electron chi connectivity index (χ3n) is 4.91. The Bertz CT molecular complexity index is 628. The number of phenolic OH excluding ortho intramolecular Hbond substituents is 1. The Labute approximate surface area is 145 Å². The molecule has 6 nitrogen and oxygen atoms in total. The summed E-state index contributed by atoms with van der Waals surface area (Å²) in [6.45, 7) is 0. The highest BCUT2D eigenvalue weighted by atomic mass is 32.2. The third kappa shape index (κ3) is 3.10. The number of phenols is 1. The predicted molar refractivity (Wildman–Crippen MR) is 91.5 cm³/mol. The number of hydrogen-bond donors (Lipinski definition) is 2. The molecule has 0 bridgehead atoms. The second kappa shape index (κ2) is 6.64. The van der Waals surface area contributed by atoms with Crippen molar-refractivity contribution < 1.29 is 19.4 Å². The highest BCUT2D eigenvalue weighted by Gasteiger charge is 2.51. The summed E-state index contributed by atoms with van der Waals surface area (Å²) in [5.41, 5.74) is 0.333. The normalized spacial score (nSPS) is 29.8. The maximum atomic E-state index is 12.7. The lowest BCUT2D eigenvalue weighted by molar-refractivity contribution is -0.153. The van der Waals surface area contributed by atoms with Crippen molar-refractivity contribution in [2.24, 2.45) is 5.92 Å². The smallest absolute Gasteiger partial charge is 0.308 e. The lowest BCUT2D eigenvalue weighted by Gasteiger charge is -2.48. The van der Waals surface area contributed by atoms with Crippen LogP contribution in [0.25, 0.3) is 0 Å². The highest BCUT2D eigenvalue weighted by Crippen LogP contribution is 2.46. The first-order valence-corrected chi connectivity index (χ1v) is 9.08. The number of aromatic hydroxyl groups is 1. The van der Waals surface area contributed by atoms with E-state index in [0.29, 0.717) is 12.8 Å². The van der Waals surface area contributed by atoms with Crippen molar-refractivity contribution in [2.45, 2.75) is 24.4 Å². The summed E-state index contributed by atoms with van der Waals surface area (Å²) in [5.74, 6) is 1.32. The number of rotatable bonds is 4. The fourth-order valence-electron chi connectivity index (χ4n) is 3.43. The van der Waals surface area contributed by atoms with Crippen LogP contribution in [0.5, 0.6) is 5.75 Å². The number of carbonyl (C=O) groups is 2. The number of thioether (sulfide) groups is 1. The van der Waals surface area contributed by atoms with Crippen LogP contribution in [-0.2, 0) is 19.9 Å². The SMILES string of the molecule is COC(=O)C1CC(NC(=O)C2CSCN2C)(c2ccc(O)cc2)C1. The number of methoxy groups -OCH3 is 1. The first kappa shape index (κ1) is 17.1. The number of nitrogens with zero attached hydrogens (tertiary/aromatic N) is 1. The van der Waals surface area contributed by atoms with E-state index < -0.39 is 5.54 Å². The van der Waals surface area contributed by atoms with E-state index in [1.165, 1.54) is 7.11 Å². The van der Waals surface area contributed by atoms with E-state index in [2.05, 4.69) is 5.32 Å². The lowest BCUT2D eigenvalue weighted by Crippen LogP contribution is -2.59. The van der Waals surface area contributed by atoms with E-state index in [1.807, 2.05) is 11.9 Å². The van der Waals surface area contributed by atoms with Crippen LogP contribution in [-0.4, -0.2) is 53.7 Å². The van der Waals surface area contributed by atoms with Gasteiger partial charge in [0.25, 0.3) is 0 Å². The molecule has 1 aliphatic heterocycles. The Morgan fingerprint density at radius 1 is 1.33 bits per heavy atom. The van der Waals surface area contributed by atoms with Crippen LogP contribution >= 0.6 is 11.8 Å². The van der Waals surface area contributed by atoms with Crippen LogP contribution in [0, 0.1) is 5.92 Å². The first-order chi connectivity index (χ1) is 11.4. The van der Waals surface area contributed by atoms with Crippen molar-refractivity contribution in [2.75, 3.05) is 25.8 Å². The van der Waals surface area contributed by atoms with Gasteiger partial charge in [0.05, 0.1) is 24.6 Å². The number of carbonyl (C=O) groups excluding carboxylic acids is 2. The first-order valence-electron chi connectivity index (χ1n) is 7.92. The maximum Gasteiger partial charge on any atom is 0.308 e. The average Bonchev–Trinajstić information content (AvgIpc) is 2.96. The molecule has 7 heteroatoms. The van der Waals surface area contributed by atoms with E-state index in [-0.39, 0.29) is 29.6 Å². The number of nitrogens with one attached hydrogen (secondary N) is 1. The predicted octanol–water partition coefficient (Wildman–Crippen LogP) is 1.29. The lowest BCUT2D eigenvalue weighted by atomic mass is 9.64. The van der Waals surface area contributed by atoms with Crippen LogP contribution in [0.1, 0.15) is 18.4 Å². The molecular formula is C17H22N2O4S. The molecule has 1 aromatic rings. The van der Waals surface area contributed by atoms with Crippen LogP contribution in [0.2, 0.25) is 0 Å². The zero-order chi connectivity index (χ0) is 17.3. The summed E-state index contributed by atoms with van der Waals surface area (Å²) < 4.78 is 4.82. The van der Waals surface area contributed by atoms with E-state index in [0.717, 1.165) is 17.2 Å². The minimum absolute atomic E-state index is 0.0149. The van der Waals surface area contributed by atoms with Gasteiger partial charge in [0.2, 0.25) is 5.91 Å². The van der Waals surface area contributed by atoms with Crippen molar-refractivity contribution >= 4 is 23.6 Å². The molecule has 0 radical (unpaired) electrons. The van der Waals surface area contributed by atoms with Crippen molar-refractivity contribution in [3.63, 3.8) is 0 Å². The van der Waals surface area contributed by atoms with Crippen LogP contribution in [0.4, 0.5) is 0 Å². The van der Waals surface area contributed by atoms with Crippen LogP contribution < -0.4 is 5.32 Å². The van der Waals surface area contributed by atoms with Gasteiger partial charge in [-0.3, -0.25) is 14.5 Å². The number of hydrogen-bond acceptors (Lipinski definition) is 6. The average molecular weight is 350 g/mol. The molecule has 1 aliphatic carbocycles. The minimum atomic E-state index is -0.572. The summed E-state index contributed by atoms with van der Waals surface area (Å²) >= 11 is 1.73. The largest absolute Gasteiger partial charge is 0.508 e. The van der Waals surface area contributed by atoms with E-state index in [4.69, 9.17) is 4.74 Å². The van der Waals surface area contributed by atoms with Gasteiger partial charge in [-0.1, -0.05) is 12.1 Å². The topological polar surface area (TPSA) is 78.9 Å². The quantitative estimate of drug-likeness (QED) is 0.797. The number of amides is 1. The molecule has 24 heavy (non-hydrogen) atoms. The maximum absolute atomic E-state index is 12.7. The van der Waals surface area contributed by atoms with Gasteiger partial charge in [-0.15, -0.1) is 11.8 Å². The monoisotopic (exact) mass is 350 g/mol. The molecule has 1 atom stereocenters. The number of esters is 1. The fourth-order valence-corrected chi connectivity index (χ4v) is 4.63. The molecule has 0 spiro atoms. The molecular weight excluding hydrogens is 328 g/mol. The van der Waals surface area contributed by atoms with Gasteiger partial charge >= 0.3 is 5.97 Å². The summed E-state index contributed by atoms with van der Waals surface area (Å²) in [4.78, 5) is 26.5. The van der Waals surface area contributed by atoms with Gasteiger partial charge in [-0.2, -0.15) is 0 Å². The fraction of sp³-hybridized carbons (Fsp3) is 0.529. The second-order valence-electron chi connectivity index (χ2n) is 6.52. The molecule has 2 fully saturated rings. The van der Waals surface area contributed by atoms with Gasteiger partial charge in [0.1, 0.15) is 5.75 Å². The Morgan fingerprint density at radius 2 is 2.00 bits per heavy atom. The third-order valence-corrected chi connectivity index (χ3v) is 6.05. The Kier molecular flexibility index (Phi) is 4.73. The second-order valence-corrected chi connectivity index (χ2v) is 7.52. The van der Waals surface area contributed by atoms with Gasteiger partial charge in [-0.05, 0) is 37.6 Å². The molecule has 1 aromatic carbocycles. The number of benzene rings is 1. The summed E-state index contributed by atoms with van der Waals surface area (Å²) in [7, 11) is 3.32. The standard InChI is InChI=1S/C17H22N2O4S/c1-19-10-24-9-14(19)15(21)18-17(7-11(8-17)16(22)23-2)12-3-5-13(20)6-4-12/h3-6,11,14,20H,7-10H2,1-2H3,(H,18,21). The molecule has 2 aliphatic rings. The molecule has 1 heterocycles. The Hall–Kier alpha value is -1.73. The molecule has 130 valence electrons. The van der Waals surface area contributed by atoms with E-state index in [9.17, 15) is 14.7 Å². The van der Waals surface area contributed by atoms with Crippen molar-refractivity contribution in [1.82, 2.24) is 10.2 Å².